The van der Waals surface area contributed by atoms with Gasteiger partial charge >= 0.3 is 5.97 Å². The van der Waals surface area contributed by atoms with E-state index in [1.165, 1.54) is 6.92 Å². The second kappa shape index (κ2) is 5.81. The van der Waals surface area contributed by atoms with Gasteiger partial charge in [0.15, 0.2) is 0 Å². The van der Waals surface area contributed by atoms with E-state index in [1.54, 1.807) is 20.8 Å². The van der Waals surface area contributed by atoms with Gasteiger partial charge in [0.25, 0.3) is 0 Å². The molecule has 4 saturated carbocycles. The summed E-state index contributed by atoms with van der Waals surface area (Å²) in [5.41, 5.74) is -3.26. The molecule has 9 atom stereocenters. The lowest BCUT2D eigenvalue weighted by molar-refractivity contribution is -0.181. The van der Waals surface area contributed by atoms with Crippen LogP contribution in [-0.2, 0) is 9.53 Å². The van der Waals surface area contributed by atoms with Crippen LogP contribution in [0.15, 0.2) is 12.2 Å². The highest BCUT2D eigenvalue weighted by Crippen LogP contribution is 2.69. The topological polar surface area (TPSA) is 107 Å². The van der Waals surface area contributed by atoms with Crippen molar-refractivity contribution in [2.24, 2.45) is 28.6 Å². The quantitative estimate of drug-likeness (QED) is 0.397. The minimum atomic E-state index is -1.51. The number of hydrogen-bond donors (Lipinski definition) is 4. The smallest absolute Gasteiger partial charge is 0.302 e. The number of carbonyl (C=O) groups is 1. The number of aliphatic hydroxyl groups excluding tert-OH is 2. The number of carbonyl (C=O) groups excluding carboxylic acids is 1. The maximum absolute atomic E-state index is 11.9. The van der Waals surface area contributed by atoms with Crippen molar-refractivity contribution >= 4 is 5.97 Å². The van der Waals surface area contributed by atoms with Gasteiger partial charge in [-0.2, -0.15) is 0 Å². The van der Waals surface area contributed by atoms with Crippen molar-refractivity contribution in [2.75, 3.05) is 0 Å². The van der Waals surface area contributed by atoms with Crippen molar-refractivity contribution in [3.05, 3.63) is 12.2 Å². The molecule has 0 aliphatic heterocycles. The summed E-state index contributed by atoms with van der Waals surface area (Å²) in [5, 5.41) is 44.9. The van der Waals surface area contributed by atoms with Crippen LogP contribution in [0.4, 0.5) is 0 Å². The third-order valence-corrected chi connectivity index (χ3v) is 9.00. The minimum Gasteiger partial charge on any atom is -0.462 e. The molecule has 0 radical (unpaired) electrons. The number of fused-ring (bicyclic) bond motifs is 2. The van der Waals surface area contributed by atoms with Crippen LogP contribution in [-0.4, -0.2) is 55.9 Å². The van der Waals surface area contributed by atoms with Gasteiger partial charge < -0.3 is 25.2 Å². The Bertz CT molecular complexity index is 714. The zero-order valence-electron chi connectivity index (χ0n) is 17.3. The molecule has 4 rings (SSSR count). The molecule has 0 saturated heterocycles. The molecule has 158 valence electrons. The van der Waals surface area contributed by atoms with E-state index in [-0.39, 0.29) is 18.3 Å². The summed E-state index contributed by atoms with van der Waals surface area (Å²) in [5.74, 6) is -1.11. The monoisotopic (exact) mass is 394 g/mol. The second-order valence-corrected chi connectivity index (χ2v) is 10.7. The van der Waals surface area contributed by atoms with Gasteiger partial charge in [0.1, 0.15) is 11.7 Å². The van der Waals surface area contributed by atoms with E-state index in [0.29, 0.717) is 19.3 Å². The molecule has 4 N–H and O–H groups in total. The molecule has 1 spiro atoms. The largest absolute Gasteiger partial charge is 0.462 e. The molecule has 6 nitrogen and oxygen atoms in total. The molecular weight excluding hydrogens is 360 g/mol. The average Bonchev–Trinajstić information content (AvgIpc) is 2.79. The van der Waals surface area contributed by atoms with Crippen LogP contribution >= 0.6 is 0 Å². The highest BCUT2D eigenvalue weighted by Gasteiger charge is 2.73. The Labute approximate surface area is 166 Å². The fourth-order valence-electron chi connectivity index (χ4n) is 7.57. The van der Waals surface area contributed by atoms with Gasteiger partial charge in [-0.05, 0) is 44.9 Å². The number of ether oxygens (including phenoxy) is 1. The van der Waals surface area contributed by atoms with E-state index in [9.17, 15) is 25.2 Å². The Hall–Kier alpha value is -0.950. The normalized spacial score (nSPS) is 54.6. The molecule has 28 heavy (non-hydrogen) atoms. The molecule has 4 fully saturated rings. The standard InChI is InChI=1S/C22H34O6/c1-11-13-6-7-14-18(28-12(2)23)21(13,10-20(14,5)26)9-17(25)22(27)15(11)8-16(24)19(22,3)4/h13-18,24-27H,1,6-10H2,2-5H3/t13-,14-,15-,16-,17-,18+,20+,21-,22-/m0/s1. The fraction of sp³-hybridized carbons (Fsp3) is 0.864. The minimum absolute atomic E-state index is 0.0863. The molecule has 4 aliphatic rings. The molecular formula is C22H34O6. The predicted molar refractivity (Wildman–Crippen MR) is 102 cm³/mol. The number of hydrogen-bond acceptors (Lipinski definition) is 6. The van der Waals surface area contributed by atoms with E-state index < -0.39 is 52.2 Å². The molecule has 0 unspecified atom stereocenters. The van der Waals surface area contributed by atoms with Crippen molar-refractivity contribution in [1.29, 1.82) is 0 Å². The van der Waals surface area contributed by atoms with Gasteiger partial charge in [0.05, 0.1) is 17.8 Å². The fourth-order valence-corrected chi connectivity index (χ4v) is 7.57. The van der Waals surface area contributed by atoms with Crippen LogP contribution in [0.2, 0.25) is 0 Å². The highest BCUT2D eigenvalue weighted by atomic mass is 16.5. The summed E-state index contributed by atoms with van der Waals surface area (Å²) < 4.78 is 5.77. The van der Waals surface area contributed by atoms with Crippen molar-refractivity contribution in [3.63, 3.8) is 0 Å². The molecule has 0 aromatic rings. The maximum atomic E-state index is 11.9. The van der Waals surface area contributed by atoms with Crippen LogP contribution in [0, 0.1) is 28.6 Å². The number of aliphatic hydroxyl groups is 4. The predicted octanol–water partition coefficient (Wildman–Crippen LogP) is 1.54. The Morgan fingerprint density at radius 1 is 1.11 bits per heavy atom. The Morgan fingerprint density at radius 2 is 1.75 bits per heavy atom. The lowest BCUT2D eigenvalue weighted by Gasteiger charge is -2.47. The van der Waals surface area contributed by atoms with E-state index in [2.05, 4.69) is 6.58 Å². The molecule has 0 amide bonds. The van der Waals surface area contributed by atoms with Gasteiger partial charge in [0, 0.05) is 29.6 Å². The Balaban J connectivity index is 1.86. The first-order valence-corrected chi connectivity index (χ1v) is 10.5. The third kappa shape index (κ3) is 2.26. The van der Waals surface area contributed by atoms with Gasteiger partial charge in [-0.25, -0.2) is 0 Å². The summed E-state index contributed by atoms with van der Waals surface area (Å²) in [4.78, 5) is 11.9. The second-order valence-electron chi connectivity index (χ2n) is 10.7. The van der Waals surface area contributed by atoms with E-state index in [0.717, 1.165) is 12.0 Å². The maximum Gasteiger partial charge on any atom is 0.302 e. The summed E-state index contributed by atoms with van der Waals surface area (Å²) in [6.07, 6.45) is 0.0633. The molecule has 0 aromatic carbocycles. The molecule has 0 aromatic heterocycles. The average molecular weight is 395 g/mol. The molecule has 0 heterocycles. The van der Waals surface area contributed by atoms with Crippen LogP contribution in [0.5, 0.6) is 0 Å². The van der Waals surface area contributed by atoms with E-state index in [1.807, 2.05) is 0 Å². The first-order valence-electron chi connectivity index (χ1n) is 10.5. The molecule has 6 heteroatoms. The lowest BCUT2D eigenvalue weighted by Crippen LogP contribution is -2.57. The first-order chi connectivity index (χ1) is 12.8. The summed E-state index contributed by atoms with van der Waals surface area (Å²) in [7, 11) is 0. The highest BCUT2D eigenvalue weighted by molar-refractivity contribution is 5.66. The number of esters is 1. The van der Waals surface area contributed by atoms with Crippen LogP contribution in [0.1, 0.15) is 59.8 Å². The van der Waals surface area contributed by atoms with Crippen molar-refractivity contribution in [2.45, 2.75) is 89.3 Å². The van der Waals surface area contributed by atoms with Gasteiger partial charge in [-0.15, -0.1) is 0 Å². The van der Waals surface area contributed by atoms with Gasteiger partial charge in [-0.1, -0.05) is 26.0 Å². The van der Waals surface area contributed by atoms with Gasteiger partial charge in [-0.3, -0.25) is 4.79 Å². The van der Waals surface area contributed by atoms with Crippen LogP contribution < -0.4 is 0 Å². The summed E-state index contributed by atoms with van der Waals surface area (Å²) >= 11 is 0. The first kappa shape index (κ1) is 20.3. The zero-order chi connectivity index (χ0) is 20.9. The van der Waals surface area contributed by atoms with Crippen molar-refractivity contribution in [1.82, 2.24) is 0 Å². The molecule has 4 aliphatic carbocycles. The Morgan fingerprint density at radius 3 is 2.36 bits per heavy atom. The van der Waals surface area contributed by atoms with Crippen molar-refractivity contribution < 1.29 is 30.0 Å². The summed E-state index contributed by atoms with van der Waals surface area (Å²) in [6, 6.07) is 0. The van der Waals surface area contributed by atoms with Crippen molar-refractivity contribution in [3.8, 4) is 0 Å². The molecule has 2 bridgehead atoms. The van der Waals surface area contributed by atoms with Crippen LogP contribution in [0.25, 0.3) is 0 Å². The summed E-state index contributed by atoms with van der Waals surface area (Å²) in [6.45, 7) is 11.1. The van der Waals surface area contributed by atoms with E-state index in [4.69, 9.17) is 4.74 Å². The van der Waals surface area contributed by atoms with E-state index >= 15 is 0 Å². The zero-order valence-corrected chi connectivity index (χ0v) is 17.3. The van der Waals surface area contributed by atoms with Crippen LogP contribution in [0.3, 0.4) is 0 Å². The lowest BCUT2D eigenvalue weighted by atomic mass is 9.61. The van der Waals surface area contributed by atoms with Gasteiger partial charge in [0.2, 0.25) is 0 Å². The Kier molecular flexibility index (Phi) is 4.22. The third-order valence-electron chi connectivity index (χ3n) is 9.00. The SMILES string of the molecule is C=C1[C@@H]2CC[C@H]3[C@@H](OC(C)=O)[C@@]2(C[C@H](O)[C@@]2(O)[C@H]1C[C@H](O)C2(C)C)C[C@@]3(C)O. The number of rotatable bonds is 1.